The van der Waals surface area contributed by atoms with Crippen LogP contribution in [0.1, 0.15) is 68.7 Å². The van der Waals surface area contributed by atoms with E-state index in [-0.39, 0.29) is 41.9 Å². The number of aliphatic hydroxyl groups excluding tert-OH is 1. The van der Waals surface area contributed by atoms with Crippen molar-refractivity contribution in [1.82, 2.24) is 0 Å². The molecule has 0 rings (SSSR count). The first kappa shape index (κ1) is 22.9. The first-order valence-corrected chi connectivity index (χ1v) is 8.62. The smallest absolute Gasteiger partial charge is 0.312 e. The Hall–Kier alpha value is -1.10. The van der Waals surface area contributed by atoms with Crippen LogP contribution < -0.4 is 0 Å². The molecule has 0 aromatic rings. The molecule has 0 aliphatic heterocycles. The zero-order chi connectivity index (χ0) is 19.3. The van der Waals surface area contributed by atoms with Gasteiger partial charge in [-0.2, -0.15) is 0 Å². The average molecular weight is 344 g/mol. The van der Waals surface area contributed by atoms with Gasteiger partial charge in [-0.05, 0) is 24.2 Å². The van der Waals surface area contributed by atoms with E-state index in [1.165, 1.54) is 0 Å². The highest BCUT2D eigenvalue weighted by Gasteiger charge is 2.47. The number of carbonyl (C=O) groups is 2. The van der Waals surface area contributed by atoms with Crippen molar-refractivity contribution >= 4 is 11.9 Å². The summed E-state index contributed by atoms with van der Waals surface area (Å²) in [6.07, 6.45) is -0.351. The second-order valence-corrected chi connectivity index (χ2v) is 9.36. The summed E-state index contributed by atoms with van der Waals surface area (Å²) in [4.78, 5) is 24.1. The lowest BCUT2D eigenvalue weighted by Gasteiger charge is -2.43. The van der Waals surface area contributed by atoms with Crippen LogP contribution in [0.3, 0.4) is 0 Å². The van der Waals surface area contributed by atoms with Crippen LogP contribution in [0, 0.1) is 22.2 Å². The average Bonchev–Trinajstić information content (AvgIpc) is 2.38. The van der Waals surface area contributed by atoms with Crippen molar-refractivity contribution in [2.45, 2.75) is 74.8 Å². The maximum Gasteiger partial charge on any atom is 0.312 e. The number of esters is 2. The van der Waals surface area contributed by atoms with Gasteiger partial charge in [-0.3, -0.25) is 9.59 Å². The van der Waals surface area contributed by atoms with Crippen LogP contribution in [0.4, 0.5) is 0 Å². The summed E-state index contributed by atoms with van der Waals surface area (Å²) in [5.41, 5.74) is -1.00. The molecular formula is C19H36O5. The second-order valence-electron chi connectivity index (χ2n) is 9.36. The molecule has 0 bridgehead atoms. The van der Waals surface area contributed by atoms with Crippen molar-refractivity contribution < 1.29 is 24.2 Å². The Bertz CT molecular complexity index is 428. The van der Waals surface area contributed by atoms with Gasteiger partial charge in [0.05, 0.1) is 11.3 Å². The molecule has 0 spiro atoms. The molecule has 142 valence electrons. The van der Waals surface area contributed by atoms with Gasteiger partial charge >= 0.3 is 11.9 Å². The minimum atomic E-state index is -1.02. The van der Waals surface area contributed by atoms with E-state index in [0.717, 1.165) is 0 Å². The monoisotopic (exact) mass is 344 g/mol. The fourth-order valence-corrected chi connectivity index (χ4v) is 2.43. The Balaban J connectivity index is 4.77. The van der Waals surface area contributed by atoms with Crippen molar-refractivity contribution in [1.29, 1.82) is 0 Å². The Kier molecular flexibility index (Phi) is 7.94. The van der Waals surface area contributed by atoms with Crippen LogP contribution in [0.25, 0.3) is 0 Å². The quantitative estimate of drug-likeness (QED) is 0.715. The van der Waals surface area contributed by atoms with Gasteiger partial charge < -0.3 is 14.6 Å². The van der Waals surface area contributed by atoms with E-state index in [2.05, 4.69) is 20.8 Å². The summed E-state index contributed by atoms with van der Waals surface area (Å²) in [6.45, 7) is 17.3. The highest BCUT2D eigenvalue weighted by molar-refractivity contribution is 5.77. The molecule has 0 amide bonds. The third kappa shape index (κ3) is 7.20. The van der Waals surface area contributed by atoms with Crippen molar-refractivity contribution in [2.24, 2.45) is 22.2 Å². The SMILES string of the molecule is CC(C)C(=O)OCC(O)COC(=O)C(C)(CC(C)(C)C)C(C)(C)C. The van der Waals surface area contributed by atoms with E-state index in [1.54, 1.807) is 13.8 Å². The number of carbonyl (C=O) groups excluding carboxylic acids is 2. The van der Waals surface area contributed by atoms with Crippen LogP contribution in [0.2, 0.25) is 0 Å². The normalized spacial score (nSPS) is 16.5. The minimum Gasteiger partial charge on any atom is -0.463 e. The van der Waals surface area contributed by atoms with E-state index in [9.17, 15) is 14.7 Å². The maximum absolute atomic E-state index is 12.7. The zero-order valence-electron chi connectivity index (χ0n) is 16.9. The first-order chi connectivity index (χ1) is 10.6. The Morgan fingerprint density at radius 3 is 1.75 bits per heavy atom. The summed E-state index contributed by atoms with van der Waals surface area (Å²) in [5.74, 6) is -0.970. The summed E-state index contributed by atoms with van der Waals surface area (Å²) in [7, 11) is 0. The predicted octanol–water partition coefficient (Wildman–Crippen LogP) is 3.58. The fourth-order valence-electron chi connectivity index (χ4n) is 2.43. The van der Waals surface area contributed by atoms with Gasteiger partial charge in [0.15, 0.2) is 0 Å². The molecule has 0 heterocycles. The van der Waals surface area contributed by atoms with E-state index in [0.29, 0.717) is 6.42 Å². The molecule has 24 heavy (non-hydrogen) atoms. The van der Waals surface area contributed by atoms with Gasteiger partial charge in [0.2, 0.25) is 0 Å². The Labute approximate surface area is 147 Å². The number of ether oxygens (including phenoxy) is 2. The van der Waals surface area contributed by atoms with Crippen molar-refractivity contribution in [3.63, 3.8) is 0 Å². The number of hydrogen-bond acceptors (Lipinski definition) is 5. The van der Waals surface area contributed by atoms with E-state index < -0.39 is 11.5 Å². The third-order valence-electron chi connectivity index (χ3n) is 4.29. The molecule has 5 heteroatoms. The highest BCUT2D eigenvalue weighted by Crippen LogP contribution is 2.47. The molecule has 0 radical (unpaired) electrons. The van der Waals surface area contributed by atoms with E-state index in [4.69, 9.17) is 9.47 Å². The summed E-state index contributed by atoms with van der Waals surface area (Å²) >= 11 is 0. The Morgan fingerprint density at radius 1 is 0.917 bits per heavy atom. The van der Waals surface area contributed by atoms with Gasteiger partial charge in [-0.15, -0.1) is 0 Å². The summed E-state index contributed by atoms with van der Waals surface area (Å²) in [5, 5.41) is 9.88. The van der Waals surface area contributed by atoms with Gasteiger partial charge in [-0.1, -0.05) is 55.4 Å². The molecule has 5 nitrogen and oxygen atoms in total. The molecule has 2 atom stereocenters. The van der Waals surface area contributed by atoms with Crippen LogP contribution in [-0.2, 0) is 19.1 Å². The van der Waals surface area contributed by atoms with Crippen LogP contribution in [0.15, 0.2) is 0 Å². The molecular weight excluding hydrogens is 308 g/mol. The molecule has 2 unspecified atom stereocenters. The van der Waals surface area contributed by atoms with Gasteiger partial charge in [0.25, 0.3) is 0 Å². The number of rotatable bonds is 7. The van der Waals surface area contributed by atoms with Crippen molar-refractivity contribution in [3.05, 3.63) is 0 Å². The molecule has 0 saturated heterocycles. The molecule has 1 N–H and O–H groups in total. The lowest BCUT2D eigenvalue weighted by atomic mass is 9.61. The molecule has 0 aliphatic carbocycles. The third-order valence-corrected chi connectivity index (χ3v) is 4.29. The molecule has 0 aromatic heterocycles. The lowest BCUT2D eigenvalue weighted by molar-refractivity contribution is -0.169. The fraction of sp³-hybridized carbons (Fsp3) is 0.895. The van der Waals surface area contributed by atoms with Crippen LogP contribution in [-0.4, -0.2) is 36.4 Å². The molecule has 0 aliphatic rings. The van der Waals surface area contributed by atoms with Crippen LogP contribution >= 0.6 is 0 Å². The summed E-state index contributed by atoms with van der Waals surface area (Å²) in [6, 6.07) is 0. The number of aliphatic hydroxyl groups is 1. The van der Waals surface area contributed by atoms with Crippen LogP contribution in [0.5, 0.6) is 0 Å². The lowest BCUT2D eigenvalue weighted by Crippen LogP contribution is -2.45. The topological polar surface area (TPSA) is 72.8 Å². The van der Waals surface area contributed by atoms with Gasteiger partial charge in [0.1, 0.15) is 19.3 Å². The predicted molar refractivity (Wildman–Crippen MR) is 94.4 cm³/mol. The molecule has 0 saturated carbocycles. The van der Waals surface area contributed by atoms with Crippen molar-refractivity contribution in [2.75, 3.05) is 13.2 Å². The van der Waals surface area contributed by atoms with Gasteiger partial charge in [0, 0.05) is 0 Å². The number of hydrogen-bond donors (Lipinski definition) is 1. The highest BCUT2D eigenvalue weighted by atomic mass is 16.6. The maximum atomic E-state index is 12.7. The molecule has 0 fully saturated rings. The second kappa shape index (κ2) is 8.32. The van der Waals surface area contributed by atoms with E-state index in [1.807, 2.05) is 27.7 Å². The van der Waals surface area contributed by atoms with Gasteiger partial charge in [-0.25, -0.2) is 0 Å². The van der Waals surface area contributed by atoms with E-state index >= 15 is 0 Å². The first-order valence-electron chi connectivity index (χ1n) is 8.62. The zero-order valence-corrected chi connectivity index (χ0v) is 16.9. The minimum absolute atomic E-state index is 0.0353. The van der Waals surface area contributed by atoms with Crippen molar-refractivity contribution in [3.8, 4) is 0 Å². The standard InChI is InChI=1S/C19H36O5/c1-13(2)15(21)23-10-14(20)11-24-16(22)19(9,18(6,7)8)12-17(3,4)5/h13-14,20H,10-12H2,1-9H3. The Morgan fingerprint density at radius 2 is 1.38 bits per heavy atom. The summed E-state index contributed by atoms with van der Waals surface area (Å²) < 4.78 is 10.3. The largest absolute Gasteiger partial charge is 0.463 e. The molecule has 0 aromatic carbocycles.